The van der Waals surface area contributed by atoms with Crippen molar-refractivity contribution < 1.29 is 4.42 Å². The molecule has 276 valence electrons. The maximum absolute atomic E-state index is 6.32. The lowest BCUT2D eigenvalue weighted by Crippen LogP contribution is -2.11. The number of anilines is 3. The Balaban J connectivity index is 1.16. The third kappa shape index (κ3) is 5.29. The average Bonchev–Trinajstić information content (AvgIpc) is 3.85. The molecule has 12 aromatic rings. The number of hydrogen-bond donors (Lipinski definition) is 0. The highest BCUT2D eigenvalue weighted by molar-refractivity contribution is 6.16. The van der Waals surface area contributed by atoms with Crippen LogP contribution in [0.25, 0.3) is 93.2 Å². The standard InChI is InChI=1S/C56H36N2O/c1-2-17-39(18-3-1)57(40-31-33-56-50(36-40)47-25-11-15-29-55(47)59-56)54-32-30-38(35-49(54)48-34-37-16-4-5-19-41(37)43-21-6-7-22-44(43)48)42-20-8-12-26-51(42)58-52-27-13-9-23-45(52)46-24-10-14-28-53(46)58/h1-36H. The van der Waals surface area contributed by atoms with Gasteiger partial charge in [0.1, 0.15) is 11.2 Å². The van der Waals surface area contributed by atoms with Crippen molar-refractivity contribution in [3.8, 4) is 27.9 Å². The van der Waals surface area contributed by atoms with Crippen molar-refractivity contribution in [2.75, 3.05) is 4.90 Å². The van der Waals surface area contributed by atoms with Crippen LogP contribution in [0.5, 0.6) is 0 Å². The fourth-order valence-electron chi connectivity index (χ4n) is 9.34. The third-order valence-electron chi connectivity index (χ3n) is 12.0. The fourth-order valence-corrected chi connectivity index (χ4v) is 9.34. The van der Waals surface area contributed by atoms with Gasteiger partial charge in [0.2, 0.25) is 0 Å². The Kier molecular flexibility index (Phi) is 7.54. The summed E-state index contributed by atoms with van der Waals surface area (Å²) in [6.45, 7) is 0. The van der Waals surface area contributed by atoms with E-state index >= 15 is 0 Å². The predicted octanol–water partition coefficient (Wildman–Crippen LogP) is 15.8. The van der Waals surface area contributed by atoms with Gasteiger partial charge in [0, 0.05) is 44.0 Å². The normalized spacial score (nSPS) is 11.7. The Morgan fingerprint density at radius 3 is 1.75 bits per heavy atom. The van der Waals surface area contributed by atoms with E-state index in [1.54, 1.807) is 0 Å². The average molecular weight is 753 g/mol. The molecule has 3 heteroatoms. The maximum Gasteiger partial charge on any atom is 0.135 e. The molecule has 0 N–H and O–H groups in total. The summed E-state index contributed by atoms with van der Waals surface area (Å²) in [4.78, 5) is 2.41. The highest BCUT2D eigenvalue weighted by Crippen LogP contribution is 2.47. The van der Waals surface area contributed by atoms with Crippen LogP contribution >= 0.6 is 0 Å². The molecule has 0 unspecified atom stereocenters. The minimum absolute atomic E-state index is 0.876. The number of fused-ring (bicyclic) bond motifs is 9. The maximum atomic E-state index is 6.32. The summed E-state index contributed by atoms with van der Waals surface area (Å²) in [5, 5.41) is 9.60. The molecule has 0 atom stereocenters. The first-order chi connectivity index (χ1) is 29.3. The van der Waals surface area contributed by atoms with E-state index in [1.807, 2.05) is 12.1 Å². The molecule has 59 heavy (non-hydrogen) atoms. The summed E-state index contributed by atoms with van der Waals surface area (Å²) in [7, 11) is 0. The van der Waals surface area contributed by atoms with Crippen molar-refractivity contribution in [3.05, 3.63) is 218 Å². The predicted molar refractivity (Wildman–Crippen MR) is 249 cm³/mol. The summed E-state index contributed by atoms with van der Waals surface area (Å²) in [5.41, 5.74) is 13.1. The van der Waals surface area contributed by atoms with Gasteiger partial charge in [-0.2, -0.15) is 0 Å². The van der Waals surface area contributed by atoms with Gasteiger partial charge in [-0.3, -0.25) is 0 Å². The van der Waals surface area contributed by atoms with Crippen LogP contribution in [-0.4, -0.2) is 4.57 Å². The van der Waals surface area contributed by atoms with Gasteiger partial charge in [-0.15, -0.1) is 0 Å². The van der Waals surface area contributed by atoms with Crippen molar-refractivity contribution in [1.29, 1.82) is 0 Å². The minimum Gasteiger partial charge on any atom is -0.456 e. The zero-order valence-corrected chi connectivity index (χ0v) is 32.1. The molecule has 0 saturated carbocycles. The Labute approximate surface area is 341 Å². The lowest BCUT2D eigenvalue weighted by atomic mass is 9.90. The van der Waals surface area contributed by atoms with E-state index in [4.69, 9.17) is 4.42 Å². The Hall–Kier alpha value is -7.88. The molecule has 3 nitrogen and oxygen atoms in total. The molecular weight excluding hydrogens is 717 g/mol. The molecule has 0 aliphatic rings. The van der Waals surface area contributed by atoms with E-state index in [1.165, 1.54) is 48.9 Å². The molecule has 0 amide bonds. The lowest BCUT2D eigenvalue weighted by Gasteiger charge is -2.29. The van der Waals surface area contributed by atoms with E-state index < -0.39 is 0 Å². The number of para-hydroxylation sites is 5. The van der Waals surface area contributed by atoms with Gasteiger partial charge in [0.05, 0.1) is 22.4 Å². The second-order valence-corrected chi connectivity index (χ2v) is 15.3. The van der Waals surface area contributed by atoms with Gasteiger partial charge < -0.3 is 13.9 Å². The van der Waals surface area contributed by atoms with E-state index in [0.29, 0.717) is 0 Å². The van der Waals surface area contributed by atoms with E-state index in [9.17, 15) is 0 Å². The molecule has 2 aromatic heterocycles. The molecule has 2 heterocycles. The van der Waals surface area contributed by atoms with Crippen LogP contribution in [-0.2, 0) is 0 Å². The minimum atomic E-state index is 0.876. The summed E-state index contributed by atoms with van der Waals surface area (Å²) in [5.74, 6) is 0. The number of benzene rings is 10. The number of hydrogen-bond acceptors (Lipinski definition) is 2. The molecule has 10 aromatic carbocycles. The van der Waals surface area contributed by atoms with E-state index in [2.05, 4.69) is 216 Å². The molecule has 0 radical (unpaired) electrons. The lowest BCUT2D eigenvalue weighted by molar-refractivity contribution is 0.669. The van der Waals surface area contributed by atoms with E-state index in [-0.39, 0.29) is 0 Å². The van der Waals surface area contributed by atoms with Gasteiger partial charge >= 0.3 is 0 Å². The van der Waals surface area contributed by atoms with Gasteiger partial charge in [-0.05, 0) is 105 Å². The smallest absolute Gasteiger partial charge is 0.135 e. The van der Waals surface area contributed by atoms with Gasteiger partial charge in [-0.1, -0.05) is 146 Å². The van der Waals surface area contributed by atoms with Crippen LogP contribution in [0.1, 0.15) is 0 Å². The molecule has 0 aliphatic carbocycles. The first-order valence-electron chi connectivity index (χ1n) is 20.2. The highest BCUT2D eigenvalue weighted by Gasteiger charge is 2.23. The number of rotatable bonds is 6. The van der Waals surface area contributed by atoms with Crippen molar-refractivity contribution in [2.45, 2.75) is 0 Å². The van der Waals surface area contributed by atoms with Crippen LogP contribution in [0.2, 0.25) is 0 Å². The summed E-state index contributed by atoms with van der Waals surface area (Å²) < 4.78 is 8.75. The summed E-state index contributed by atoms with van der Waals surface area (Å²) in [6.07, 6.45) is 0. The summed E-state index contributed by atoms with van der Waals surface area (Å²) >= 11 is 0. The number of nitrogens with zero attached hydrogens (tertiary/aromatic N) is 2. The summed E-state index contributed by atoms with van der Waals surface area (Å²) in [6, 6.07) is 78.9. The Morgan fingerprint density at radius 2 is 0.949 bits per heavy atom. The zero-order chi connectivity index (χ0) is 38.9. The quantitative estimate of drug-likeness (QED) is 0.158. The van der Waals surface area contributed by atoms with E-state index in [0.717, 1.165) is 61.4 Å². The van der Waals surface area contributed by atoms with Crippen LogP contribution in [0.3, 0.4) is 0 Å². The third-order valence-corrected chi connectivity index (χ3v) is 12.0. The SMILES string of the molecule is c1ccc(N(c2ccc3oc4ccccc4c3c2)c2ccc(-c3ccccc3-n3c4ccccc4c4ccccc43)cc2-c2cc3ccccc3c3ccccc23)cc1. The van der Waals surface area contributed by atoms with Crippen molar-refractivity contribution >= 4 is 82.4 Å². The molecular formula is C56H36N2O. The van der Waals surface area contributed by atoms with Crippen molar-refractivity contribution in [3.63, 3.8) is 0 Å². The van der Waals surface area contributed by atoms with Gasteiger partial charge in [0.25, 0.3) is 0 Å². The molecule has 0 spiro atoms. The monoisotopic (exact) mass is 752 g/mol. The first kappa shape index (κ1) is 33.3. The Morgan fingerprint density at radius 1 is 0.339 bits per heavy atom. The number of aromatic nitrogens is 1. The molecule has 0 fully saturated rings. The molecule has 0 aliphatic heterocycles. The van der Waals surface area contributed by atoms with Crippen LogP contribution in [0.15, 0.2) is 223 Å². The topological polar surface area (TPSA) is 21.3 Å². The highest BCUT2D eigenvalue weighted by atomic mass is 16.3. The zero-order valence-electron chi connectivity index (χ0n) is 32.1. The molecule has 0 bridgehead atoms. The Bertz CT molecular complexity index is 3520. The van der Waals surface area contributed by atoms with Crippen molar-refractivity contribution in [1.82, 2.24) is 4.57 Å². The second-order valence-electron chi connectivity index (χ2n) is 15.3. The van der Waals surface area contributed by atoms with Gasteiger partial charge in [0.15, 0.2) is 0 Å². The largest absolute Gasteiger partial charge is 0.456 e. The van der Waals surface area contributed by atoms with Crippen molar-refractivity contribution in [2.24, 2.45) is 0 Å². The second kappa shape index (κ2) is 13.4. The first-order valence-corrected chi connectivity index (χ1v) is 20.2. The van der Waals surface area contributed by atoms with Crippen LogP contribution in [0, 0.1) is 0 Å². The molecule has 12 rings (SSSR count). The van der Waals surface area contributed by atoms with Crippen LogP contribution < -0.4 is 4.90 Å². The number of furan rings is 1. The molecule has 0 saturated heterocycles. The fraction of sp³-hybridized carbons (Fsp3) is 0. The van der Waals surface area contributed by atoms with Crippen LogP contribution in [0.4, 0.5) is 17.1 Å². The van der Waals surface area contributed by atoms with Gasteiger partial charge in [-0.25, -0.2) is 0 Å².